The predicted octanol–water partition coefficient (Wildman–Crippen LogP) is 5.08. The number of hydrogen-bond donors (Lipinski definition) is 0. The van der Waals surface area contributed by atoms with Crippen LogP contribution in [0.5, 0.6) is 0 Å². The van der Waals surface area contributed by atoms with Crippen LogP contribution in [0, 0.1) is 23.2 Å². The van der Waals surface area contributed by atoms with E-state index in [4.69, 9.17) is 0 Å². The molecule has 0 bridgehead atoms. The average Bonchev–Trinajstić information content (AvgIpc) is 3.48. The van der Waals surface area contributed by atoms with Crippen LogP contribution in [0.4, 0.5) is 13.2 Å². The molecule has 0 unspecified atom stereocenters. The molecule has 0 N–H and O–H groups in total. The van der Waals surface area contributed by atoms with Crippen LogP contribution in [0.25, 0.3) is 11.2 Å². The van der Waals surface area contributed by atoms with Crippen LogP contribution in [0.2, 0.25) is 0 Å². The summed E-state index contributed by atoms with van der Waals surface area (Å²) in [6.07, 6.45) is 3.79. The number of halogens is 3. The van der Waals surface area contributed by atoms with E-state index in [1.165, 1.54) is 16.8 Å². The fourth-order valence-corrected chi connectivity index (χ4v) is 6.85. The number of hydrogen-bond acceptors (Lipinski definition) is 5. The van der Waals surface area contributed by atoms with Crippen molar-refractivity contribution in [3.63, 3.8) is 0 Å². The topological polar surface area (TPSA) is 84.2 Å². The number of pyridine rings is 1. The van der Waals surface area contributed by atoms with Gasteiger partial charge in [0.25, 0.3) is 0 Å². The number of imidazole rings is 1. The first-order valence-electron chi connectivity index (χ1n) is 14.0. The molecule has 41 heavy (non-hydrogen) atoms. The van der Waals surface area contributed by atoms with Gasteiger partial charge in [-0.3, -0.25) is 13.9 Å². The Morgan fingerprint density at radius 1 is 1.20 bits per heavy atom. The lowest BCUT2D eigenvalue weighted by atomic mass is 9.57. The summed E-state index contributed by atoms with van der Waals surface area (Å²) in [5.74, 6) is 1.45. The summed E-state index contributed by atoms with van der Waals surface area (Å²) in [5.41, 5.74) is -0.224. The molecule has 3 aromatic heterocycles. The molecule has 1 saturated heterocycles. The second kappa shape index (κ2) is 10.2. The van der Waals surface area contributed by atoms with E-state index in [0.717, 1.165) is 41.7 Å². The normalized spacial score (nSPS) is 23.4. The van der Waals surface area contributed by atoms with E-state index in [1.807, 2.05) is 29.8 Å². The number of benzene rings is 1. The minimum Gasteiger partial charge on any atom is -0.320 e. The van der Waals surface area contributed by atoms with Crippen molar-refractivity contribution in [2.45, 2.75) is 57.2 Å². The summed E-state index contributed by atoms with van der Waals surface area (Å²) < 4.78 is 47.1. The van der Waals surface area contributed by atoms with Crippen LogP contribution in [-0.4, -0.2) is 41.7 Å². The van der Waals surface area contributed by atoms with Gasteiger partial charge in [0.2, 0.25) is 0 Å². The molecule has 11 heteroatoms. The van der Waals surface area contributed by atoms with Gasteiger partial charge in [0.05, 0.1) is 28.3 Å². The fraction of sp³-hybridized carbons (Fsp3) is 0.467. The van der Waals surface area contributed by atoms with E-state index >= 15 is 0 Å². The minimum atomic E-state index is -4.62. The van der Waals surface area contributed by atoms with Crippen molar-refractivity contribution in [2.24, 2.45) is 18.9 Å². The van der Waals surface area contributed by atoms with Gasteiger partial charge in [-0.2, -0.15) is 18.4 Å². The average molecular weight is 564 g/mol. The quantitative estimate of drug-likeness (QED) is 0.327. The molecule has 1 aliphatic heterocycles. The van der Waals surface area contributed by atoms with Crippen LogP contribution < -0.4 is 5.69 Å². The number of aromatic nitrogens is 5. The third-order valence-corrected chi connectivity index (χ3v) is 8.75. The highest BCUT2D eigenvalue weighted by Crippen LogP contribution is 2.53. The largest absolute Gasteiger partial charge is 0.418 e. The highest BCUT2D eigenvalue weighted by atomic mass is 19.4. The summed E-state index contributed by atoms with van der Waals surface area (Å²) >= 11 is 0. The number of nitriles is 1. The first-order chi connectivity index (χ1) is 19.6. The minimum absolute atomic E-state index is 0.176. The molecule has 2 fully saturated rings. The molecule has 4 aromatic rings. The zero-order valence-corrected chi connectivity index (χ0v) is 23.1. The Morgan fingerprint density at radius 3 is 2.68 bits per heavy atom. The summed E-state index contributed by atoms with van der Waals surface area (Å²) in [6.45, 7) is 4.16. The van der Waals surface area contributed by atoms with Crippen molar-refractivity contribution in [3.8, 4) is 11.8 Å². The van der Waals surface area contributed by atoms with Gasteiger partial charge in [0, 0.05) is 39.0 Å². The fourth-order valence-electron chi connectivity index (χ4n) is 6.85. The third-order valence-electron chi connectivity index (χ3n) is 8.75. The monoisotopic (exact) mass is 563 g/mol. The summed E-state index contributed by atoms with van der Waals surface area (Å²) in [6, 6.07) is 10.8. The van der Waals surface area contributed by atoms with Crippen LogP contribution in [-0.2, 0) is 25.2 Å². The first-order valence-corrected chi connectivity index (χ1v) is 14.0. The second-order valence-electron chi connectivity index (χ2n) is 11.8. The van der Waals surface area contributed by atoms with Gasteiger partial charge in [-0.05, 0) is 73.4 Å². The van der Waals surface area contributed by atoms with Gasteiger partial charge in [-0.1, -0.05) is 19.1 Å². The number of rotatable bonds is 6. The van der Waals surface area contributed by atoms with Crippen molar-refractivity contribution < 1.29 is 13.2 Å². The van der Waals surface area contributed by atoms with Crippen molar-refractivity contribution in [3.05, 3.63) is 82.1 Å². The highest BCUT2D eigenvalue weighted by Gasteiger charge is 2.49. The van der Waals surface area contributed by atoms with E-state index in [9.17, 15) is 23.2 Å². The Balaban J connectivity index is 1.43. The molecule has 214 valence electrons. The van der Waals surface area contributed by atoms with Gasteiger partial charge in [0.15, 0.2) is 0 Å². The molecule has 0 amide bonds. The molecule has 1 atom stereocenters. The maximum Gasteiger partial charge on any atom is 0.418 e. The molecule has 1 saturated carbocycles. The van der Waals surface area contributed by atoms with Crippen LogP contribution in [0.1, 0.15) is 61.5 Å². The lowest BCUT2D eigenvalue weighted by molar-refractivity contribution is -0.136. The number of nitrogens with zero attached hydrogens (tertiary/aromatic N) is 7. The molecular weight excluding hydrogens is 531 g/mol. The van der Waals surface area contributed by atoms with Gasteiger partial charge < -0.3 is 4.57 Å². The molecule has 0 radical (unpaired) electrons. The zero-order valence-electron chi connectivity index (χ0n) is 23.1. The van der Waals surface area contributed by atoms with Crippen molar-refractivity contribution in [1.82, 2.24) is 28.6 Å². The SMILES string of the molecule is C[C@H]1CCCN(Cc2cc(C(F)(F)F)c3cn(-c4cccc(C5(c6nncn6C)CC(CC#N)C5)c4)c(=O)n3c2)C1. The van der Waals surface area contributed by atoms with Gasteiger partial charge >= 0.3 is 11.9 Å². The summed E-state index contributed by atoms with van der Waals surface area (Å²) in [7, 11) is 1.87. The van der Waals surface area contributed by atoms with E-state index in [2.05, 4.69) is 28.1 Å². The summed E-state index contributed by atoms with van der Waals surface area (Å²) in [5, 5.41) is 17.6. The smallest absolute Gasteiger partial charge is 0.320 e. The van der Waals surface area contributed by atoms with Gasteiger partial charge in [0.1, 0.15) is 12.2 Å². The van der Waals surface area contributed by atoms with Crippen LogP contribution in [0.3, 0.4) is 0 Å². The molecule has 4 heterocycles. The van der Waals surface area contributed by atoms with E-state index in [0.29, 0.717) is 43.0 Å². The number of fused-ring (bicyclic) bond motifs is 1. The van der Waals surface area contributed by atoms with Gasteiger partial charge in [-0.25, -0.2) is 4.79 Å². The lowest BCUT2D eigenvalue weighted by Gasteiger charge is -2.46. The Kier molecular flexibility index (Phi) is 6.77. The van der Waals surface area contributed by atoms with E-state index in [-0.39, 0.29) is 11.4 Å². The van der Waals surface area contributed by atoms with E-state index in [1.54, 1.807) is 18.6 Å². The highest BCUT2D eigenvalue weighted by molar-refractivity contribution is 5.58. The molecule has 8 nitrogen and oxygen atoms in total. The molecular formula is C30H32F3N7O. The molecule has 6 rings (SSSR count). The van der Waals surface area contributed by atoms with E-state index < -0.39 is 22.8 Å². The van der Waals surface area contributed by atoms with Crippen molar-refractivity contribution in [2.75, 3.05) is 13.1 Å². The molecule has 0 spiro atoms. The molecule has 1 aliphatic carbocycles. The summed E-state index contributed by atoms with van der Waals surface area (Å²) in [4.78, 5) is 15.8. The first kappa shape index (κ1) is 27.3. The zero-order chi connectivity index (χ0) is 28.9. The Morgan fingerprint density at radius 2 is 2.00 bits per heavy atom. The number of piperidine rings is 1. The van der Waals surface area contributed by atoms with Crippen LogP contribution in [0.15, 0.2) is 53.8 Å². The molecule has 2 aliphatic rings. The lowest BCUT2D eigenvalue weighted by Crippen LogP contribution is -2.44. The maximum atomic E-state index is 14.3. The number of likely N-dealkylation sites (tertiary alicyclic amines) is 1. The predicted molar refractivity (Wildman–Crippen MR) is 146 cm³/mol. The Labute approximate surface area is 235 Å². The van der Waals surface area contributed by atoms with Crippen LogP contribution >= 0.6 is 0 Å². The van der Waals surface area contributed by atoms with Gasteiger partial charge in [-0.15, -0.1) is 10.2 Å². The second-order valence-corrected chi connectivity index (χ2v) is 11.8. The molecule has 1 aromatic carbocycles. The third kappa shape index (κ3) is 4.84. The standard InChI is InChI=1S/C30H32F3N7O/c1-20-5-4-10-38(15-20)16-22-11-25(30(31,32)33)26-18-39(28(41)40(26)17-22)24-7-3-6-23(12-24)29(13-21(14-29)8-9-34)27-36-35-19-37(27)2/h3,6-7,11-12,17-21H,4-5,8,10,13-16H2,1-2H3/t20-,21?,29?/m0/s1. The Bertz CT molecular complexity index is 1690. The number of alkyl halides is 3. The maximum absolute atomic E-state index is 14.3. The number of aryl methyl sites for hydroxylation is 1. The Hall–Kier alpha value is -3.91. The van der Waals surface area contributed by atoms with Crippen molar-refractivity contribution >= 4 is 5.52 Å². The van der Waals surface area contributed by atoms with Crippen molar-refractivity contribution in [1.29, 1.82) is 5.26 Å².